The van der Waals surface area contributed by atoms with Gasteiger partial charge in [0.25, 0.3) is 0 Å². The Bertz CT molecular complexity index is 729. The van der Waals surface area contributed by atoms with E-state index in [-0.39, 0.29) is 24.0 Å². The number of nitrogens with two attached hydrogens (primary N) is 1. The normalized spacial score (nSPS) is 11.0. The fraction of sp³-hybridized carbons (Fsp3) is 0.278. The second-order valence-corrected chi connectivity index (χ2v) is 6.10. The number of benzene rings is 2. The predicted molar refractivity (Wildman–Crippen MR) is 119 cm³/mol. The fourth-order valence-electron chi connectivity index (χ4n) is 2.14. The molecule has 0 aliphatic heterocycles. The van der Waals surface area contributed by atoms with Crippen molar-refractivity contribution in [2.75, 3.05) is 25.6 Å². The molecule has 142 valence electrons. The lowest BCUT2D eigenvalue weighted by Gasteiger charge is -2.11. The van der Waals surface area contributed by atoms with Crippen molar-refractivity contribution < 1.29 is 9.47 Å². The number of ether oxygens (including phenoxy) is 2. The van der Waals surface area contributed by atoms with Gasteiger partial charge in [0, 0.05) is 36.3 Å². The molecule has 0 atom stereocenters. The van der Waals surface area contributed by atoms with E-state index in [0.29, 0.717) is 47.9 Å². The summed E-state index contributed by atoms with van der Waals surface area (Å²) in [6.45, 7) is 1.53. The summed E-state index contributed by atoms with van der Waals surface area (Å²) in [6, 6.07) is 12.9. The predicted octanol–water partition coefficient (Wildman–Crippen LogP) is 4.95. The molecule has 0 aromatic heterocycles. The van der Waals surface area contributed by atoms with Gasteiger partial charge in [0.2, 0.25) is 0 Å². The summed E-state index contributed by atoms with van der Waals surface area (Å²) >= 11 is 11.9. The molecule has 0 heterocycles. The van der Waals surface area contributed by atoms with Crippen LogP contribution in [-0.2, 0) is 11.3 Å². The van der Waals surface area contributed by atoms with Crippen LogP contribution in [0.25, 0.3) is 0 Å². The van der Waals surface area contributed by atoms with Crippen LogP contribution in [-0.4, -0.2) is 26.2 Å². The number of hydrogen-bond donors (Lipinski definition) is 2. The molecular formula is C18H22Cl2IN3O2. The Labute approximate surface area is 180 Å². The summed E-state index contributed by atoms with van der Waals surface area (Å²) < 4.78 is 10.8. The minimum Gasteiger partial charge on any atom is -0.492 e. The number of rotatable bonds is 8. The number of para-hydroxylation sites is 1. The molecule has 0 spiro atoms. The highest BCUT2D eigenvalue weighted by Gasteiger charge is 2.03. The van der Waals surface area contributed by atoms with Crippen LogP contribution in [0.5, 0.6) is 5.75 Å². The van der Waals surface area contributed by atoms with Gasteiger partial charge >= 0.3 is 0 Å². The molecule has 0 aliphatic rings. The molecule has 3 N–H and O–H groups in total. The number of guanidine groups is 1. The summed E-state index contributed by atoms with van der Waals surface area (Å²) in [7, 11) is 1.65. The highest BCUT2D eigenvalue weighted by molar-refractivity contribution is 14.0. The monoisotopic (exact) mass is 509 g/mol. The molecule has 2 rings (SSSR count). The summed E-state index contributed by atoms with van der Waals surface area (Å²) in [4.78, 5) is 4.30. The average Bonchev–Trinajstić information content (AvgIpc) is 2.58. The molecule has 0 bridgehead atoms. The highest BCUT2D eigenvalue weighted by atomic mass is 127. The molecule has 0 fully saturated rings. The highest BCUT2D eigenvalue weighted by Crippen LogP contribution is 2.27. The summed E-state index contributed by atoms with van der Waals surface area (Å²) in [5.74, 6) is 0.961. The van der Waals surface area contributed by atoms with Gasteiger partial charge in [0.05, 0.1) is 18.2 Å². The van der Waals surface area contributed by atoms with Crippen molar-refractivity contribution in [2.45, 2.75) is 13.0 Å². The molecule has 5 nitrogen and oxygen atoms in total. The molecular weight excluding hydrogens is 488 g/mol. The average molecular weight is 510 g/mol. The second kappa shape index (κ2) is 12.2. The maximum absolute atomic E-state index is 6.05. The van der Waals surface area contributed by atoms with Crippen molar-refractivity contribution >= 4 is 58.8 Å². The Morgan fingerprint density at radius 1 is 1.19 bits per heavy atom. The van der Waals surface area contributed by atoms with Gasteiger partial charge in [-0.25, -0.2) is 0 Å². The smallest absolute Gasteiger partial charge is 0.193 e. The molecule has 0 saturated heterocycles. The lowest BCUT2D eigenvalue weighted by atomic mass is 10.2. The van der Waals surface area contributed by atoms with Crippen molar-refractivity contribution in [3.05, 3.63) is 58.1 Å². The van der Waals surface area contributed by atoms with Crippen LogP contribution in [0.1, 0.15) is 12.0 Å². The molecule has 26 heavy (non-hydrogen) atoms. The van der Waals surface area contributed by atoms with E-state index in [1.807, 2.05) is 24.3 Å². The molecule has 2 aromatic carbocycles. The van der Waals surface area contributed by atoms with Gasteiger partial charge in [-0.1, -0.05) is 41.4 Å². The van der Waals surface area contributed by atoms with Gasteiger partial charge < -0.3 is 20.5 Å². The first kappa shape index (κ1) is 22.8. The fourth-order valence-corrected chi connectivity index (χ4v) is 2.60. The van der Waals surface area contributed by atoms with E-state index >= 15 is 0 Å². The quantitative estimate of drug-likeness (QED) is 0.228. The number of methoxy groups -OCH3 is 1. The van der Waals surface area contributed by atoms with E-state index in [4.69, 9.17) is 38.4 Å². The van der Waals surface area contributed by atoms with Crippen LogP contribution < -0.4 is 15.8 Å². The lowest BCUT2D eigenvalue weighted by molar-refractivity contribution is 0.185. The third kappa shape index (κ3) is 7.57. The van der Waals surface area contributed by atoms with Gasteiger partial charge in [-0.15, -0.1) is 24.0 Å². The van der Waals surface area contributed by atoms with Crippen LogP contribution in [0.3, 0.4) is 0 Å². The van der Waals surface area contributed by atoms with E-state index < -0.39 is 0 Å². The zero-order valence-electron chi connectivity index (χ0n) is 14.4. The standard InChI is InChI=1S/C18H21Cl2N3O2.HI/c1-24-12-13-5-2-3-6-16(13)23-18(21)22-9-4-10-25-17-8-7-14(19)11-15(17)20;/h2-3,5-8,11H,4,9-10,12H2,1H3,(H3,21,22,23);1H. The van der Waals surface area contributed by atoms with E-state index in [0.717, 1.165) is 11.3 Å². The largest absolute Gasteiger partial charge is 0.492 e. The lowest BCUT2D eigenvalue weighted by Crippen LogP contribution is -2.23. The Hall–Kier alpha value is -1.22. The Morgan fingerprint density at radius 3 is 2.69 bits per heavy atom. The summed E-state index contributed by atoms with van der Waals surface area (Å²) in [5.41, 5.74) is 7.83. The van der Waals surface area contributed by atoms with Gasteiger partial charge in [0.15, 0.2) is 5.96 Å². The van der Waals surface area contributed by atoms with Crippen LogP contribution in [0.2, 0.25) is 10.0 Å². The first-order chi connectivity index (χ1) is 12.1. The summed E-state index contributed by atoms with van der Waals surface area (Å²) in [5, 5.41) is 4.16. The SMILES string of the molecule is COCc1ccccc1NC(N)=NCCCOc1ccc(Cl)cc1Cl.I. The van der Waals surface area contributed by atoms with Crippen LogP contribution in [0.4, 0.5) is 5.69 Å². The number of halogens is 3. The van der Waals surface area contributed by atoms with Gasteiger partial charge in [-0.05, 0) is 24.3 Å². The topological polar surface area (TPSA) is 68.9 Å². The van der Waals surface area contributed by atoms with Gasteiger partial charge in [0.1, 0.15) is 5.75 Å². The molecule has 0 amide bonds. The molecule has 8 heteroatoms. The maximum atomic E-state index is 6.05. The first-order valence-electron chi connectivity index (χ1n) is 7.82. The number of anilines is 1. The Balaban J connectivity index is 0.00000338. The third-order valence-corrected chi connectivity index (χ3v) is 3.85. The molecule has 2 aromatic rings. The van der Waals surface area contributed by atoms with Crippen LogP contribution >= 0.6 is 47.2 Å². The van der Waals surface area contributed by atoms with E-state index in [1.165, 1.54) is 0 Å². The second-order valence-electron chi connectivity index (χ2n) is 5.26. The maximum Gasteiger partial charge on any atom is 0.193 e. The van der Waals surface area contributed by atoms with E-state index in [1.54, 1.807) is 25.3 Å². The van der Waals surface area contributed by atoms with E-state index in [9.17, 15) is 0 Å². The molecule has 0 unspecified atom stereocenters. The summed E-state index contributed by atoms with van der Waals surface area (Å²) in [6.07, 6.45) is 0.709. The minimum atomic E-state index is 0. The van der Waals surface area contributed by atoms with Crippen LogP contribution in [0.15, 0.2) is 47.5 Å². The zero-order valence-corrected chi connectivity index (χ0v) is 18.2. The van der Waals surface area contributed by atoms with Crippen molar-refractivity contribution in [2.24, 2.45) is 10.7 Å². The number of aliphatic imine (C=N–C) groups is 1. The molecule has 0 saturated carbocycles. The first-order valence-corrected chi connectivity index (χ1v) is 8.57. The van der Waals surface area contributed by atoms with Crippen molar-refractivity contribution in [1.82, 2.24) is 0 Å². The van der Waals surface area contributed by atoms with Gasteiger partial charge in [-0.2, -0.15) is 0 Å². The number of hydrogen-bond acceptors (Lipinski definition) is 3. The van der Waals surface area contributed by atoms with Crippen LogP contribution in [0, 0.1) is 0 Å². The minimum absolute atomic E-state index is 0. The number of nitrogens with one attached hydrogen (secondary N) is 1. The van der Waals surface area contributed by atoms with Crippen molar-refractivity contribution in [3.63, 3.8) is 0 Å². The van der Waals surface area contributed by atoms with Crippen molar-refractivity contribution in [1.29, 1.82) is 0 Å². The van der Waals surface area contributed by atoms with E-state index in [2.05, 4.69) is 10.3 Å². The Kier molecular flexibility index (Phi) is 10.7. The Morgan fingerprint density at radius 2 is 1.96 bits per heavy atom. The zero-order chi connectivity index (χ0) is 18.1. The van der Waals surface area contributed by atoms with Crippen molar-refractivity contribution in [3.8, 4) is 5.75 Å². The molecule has 0 aliphatic carbocycles. The molecule has 0 radical (unpaired) electrons. The van der Waals surface area contributed by atoms with Gasteiger partial charge in [-0.3, -0.25) is 4.99 Å². The third-order valence-electron chi connectivity index (χ3n) is 3.32. The number of nitrogens with zero attached hydrogens (tertiary/aromatic N) is 1.